The van der Waals surface area contributed by atoms with Crippen molar-refractivity contribution >= 4 is 34.2 Å². The number of aryl methyl sites for hydroxylation is 2. The van der Waals surface area contributed by atoms with E-state index in [1.54, 1.807) is 44.2 Å². The molecule has 0 spiro atoms. The Kier molecular flexibility index (Phi) is 6.18. The maximum Gasteiger partial charge on any atom is 0.420 e. The number of alkyl halides is 3. The summed E-state index contributed by atoms with van der Waals surface area (Å²) in [5.74, 6) is -0.605. The first kappa shape index (κ1) is 23.5. The van der Waals surface area contributed by atoms with Gasteiger partial charge in [0.15, 0.2) is 5.69 Å². The fraction of sp³-hybridized carbons (Fsp3) is 0.217. The van der Waals surface area contributed by atoms with E-state index in [0.29, 0.717) is 33.2 Å². The van der Waals surface area contributed by atoms with Gasteiger partial charge in [0.1, 0.15) is 11.4 Å². The number of hydrogen-bond acceptors (Lipinski definition) is 5. The van der Waals surface area contributed by atoms with Crippen LogP contribution in [0.1, 0.15) is 38.4 Å². The van der Waals surface area contributed by atoms with Gasteiger partial charge in [0.25, 0.3) is 5.91 Å². The molecule has 1 aromatic carbocycles. The molecule has 0 aliphatic carbocycles. The van der Waals surface area contributed by atoms with Gasteiger partial charge in [-0.2, -0.15) is 18.3 Å². The number of rotatable bonds is 5. The molecule has 3 heterocycles. The van der Waals surface area contributed by atoms with Crippen molar-refractivity contribution in [2.45, 2.75) is 33.1 Å². The number of amides is 1. The third-order valence-corrected chi connectivity index (χ3v) is 5.55. The third kappa shape index (κ3) is 4.96. The van der Waals surface area contributed by atoms with Gasteiger partial charge in [-0.1, -0.05) is 17.7 Å². The van der Waals surface area contributed by atoms with Crippen LogP contribution in [0, 0.1) is 13.8 Å². The van der Waals surface area contributed by atoms with Gasteiger partial charge in [0.2, 0.25) is 0 Å². The molecule has 34 heavy (non-hydrogen) atoms. The van der Waals surface area contributed by atoms with Gasteiger partial charge in [-0.3, -0.25) is 14.5 Å². The van der Waals surface area contributed by atoms with Crippen molar-refractivity contribution in [3.8, 4) is 0 Å². The quantitative estimate of drug-likeness (QED) is 0.425. The van der Waals surface area contributed by atoms with Gasteiger partial charge >= 0.3 is 6.18 Å². The Morgan fingerprint density at radius 3 is 2.68 bits per heavy atom. The average molecular weight is 489 g/mol. The number of nitrogens with one attached hydrogen (secondary N) is 1. The van der Waals surface area contributed by atoms with Crippen LogP contribution in [-0.2, 0) is 19.3 Å². The molecule has 0 radical (unpaired) electrons. The lowest BCUT2D eigenvalue weighted by molar-refractivity contribution is -0.138. The Hall–Kier alpha value is -3.66. The highest BCUT2D eigenvalue weighted by Crippen LogP contribution is 2.32. The van der Waals surface area contributed by atoms with Crippen molar-refractivity contribution in [3.05, 3.63) is 81.4 Å². The zero-order valence-corrected chi connectivity index (χ0v) is 19.0. The second-order valence-electron chi connectivity index (χ2n) is 7.88. The lowest BCUT2D eigenvalue weighted by Gasteiger charge is -2.11. The minimum Gasteiger partial charge on any atom is -0.384 e. The minimum absolute atomic E-state index is 0.00757. The fourth-order valence-corrected chi connectivity index (χ4v) is 3.89. The summed E-state index contributed by atoms with van der Waals surface area (Å²) >= 11 is 5.98. The Morgan fingerprint density at radius 2 is 1.97 bits per heavy atom. The van der Waals surface area contributed by atoms with E-state index in [9.17, 15) is 18.0 Å². The van der Waals surface area contributed by atoms with Gasteiger partial charge in [0, 0.05) is 30.0 Å². The first-order valence-electron chi connectivity index (χ1n) is 10.2. The average Bonchev–Trinajstić information content (AvgIpc) is 3.17. The number of carbonyl (C=O) groups excluding carboxylic acids is 1. The summed E-state index contributed by atoms with van der Waals surface area (Å²) in [7, 11) is 0. The van der Waals surface area contributed by atoms with Gasteiger partial charge in [-0.15, -0.1) is 0 Å². The van der Waals surface area contributed by atoms with E-state index < -0.39 is 23.3 Å². The Morgan fingerprint density at radius 1 is 1.21 bits per heavy atom. The van der Waals surface area contributed by atoms with Gasteiger partial charge in [0.05, 0.1) is 17.1 Å². The molecule has 0 saturated carbocycles. The largest absolute Gasteiger partial charge is 0.420 e. The molecule has 3 N–H and O–H groups in total. The number of nitrogens with two attached hydrogens (primary N) is 1. The van der Waals surface area contributed by atoms with Crippen molar-refractivity contribution in [2.24, 2.45) is 0 Å². The number of carbonyl (C=O) groups is 1. The molecule has 0 fully saturated rings. The molecule has 0 atom stereocenters. The van der Waals surface area contributed by atoms with Crippen LogP contribution in [0.2, 0.25) is 5.02 Å². The topological polar surface area (TPSA) is 98.7 Å². The zero-order chi connectivity index (χ0) is 24.6. The van der Waals surface area contributed by atoms with E-state index in [4.69, 9.17) is 17.3 Å². The van der Waals surface area contributed by atoms with Crippen LogP contribution in [-0.4, -0.2) is 25.7 Å². The molecule has 1 amide bonds. The predicted octanol–water partition coefficient (Wildman–Crippen LogP) is 4.68. The number of aromatic nitrogens is 4. The number of benzene rings is 1. The highest BCUT2D eigenvalue weighted by molar-refractivity contribution is 6.31. The summed E-state index contributed by atoms with van der Waals surface area (Å²) in [6.07, 6.45) is -2.40. The molecule has 0 bridgehead atoms. The molecule has 0 aliphatic heterocycles. The van der Waals surface area contributed by atoms with E-state index in [2.05, 4.69) is 20.4 Å². The van der Waals surface area contributed by atoms with E-state index in [1.165, 1.54) is 6.20 Å². The predicted molar refractivity (Wildman–Crippen MR) is 122 cm³/mol. The van der Waals surface area contributed by atoms with E-state index in [1.807, 2.05) is 0 Å². The number of fused-ring (bicyclic) bond motifs is 1. The molecule has 4 rings (SSSR count). The molecule has 176 valence electrons. The number of anilines is 1. The lowest BCUT2D eigenvalue weighted by Crippen LogP contribution is -2.27. The second-order valence-corrected chi connectivity index (χ2v) is 8.31. The van der Waals surface area contributed by atoms with Crippen molar-refractivity contribution in [3.63, 3.8) is 0 Å². The number of pyridine rings is 2. The third-order valence-electron chi connectivity index (χ3n) is 5.34. The van der Waals surface area contributed by atoms with Crippen LogP contribution in [0.4, 0.5) is 19.0 Å². The first-order valence-corrected chi connectivity index (χ1v) is 10.6. The SMILES string of the molecule is Cc1cc(N)nc(C)c1CNC(=O)c1nn(Cc2ccc3ncc(Cl)cc3c2)cc1C(F)(F)F. The maximum atomic E-state index is 13.7. The van der Waals surface area contributed by atoms with Gasteiger partial charge < -0.3 is 11.1 Å². The van der Waals surface area contributed by atoms with Crippen molar-refractivity contribution in [2.75, 3.05) is 5.73 Å². The van der Waals surface area contributed by atoms with Crippen molar-refractivity contribution in [1.29, 1.82) is 0 Å². The monoisotopic (exact) mass is 488 g/mol. The summed E-state index contributed by atoms with van der Waals surface area (Å²) in [4.78, 5) is 21.0. The number of hydrogen-bond donors (Lipinski definition) is 2. The number of halogens is 4. The van der Waals surface area contributed by atoms with Crippen LogP contribution >= 0.6 is 11.6 Å². The Balaban J connectivity index is 1.59. The summed E-state index contributed by atoms with van der Waals surface area (Å²) in [5, 5.41) is 7.66. The molecule has 0 aliphatic rings. The van der Waals surface area contributed by atoms with E-state index >= 15 is 0 Å². The minimum atomic E-state index is -4.75. The van der Waals surface area contributed by atoms with Crippen molar-refractivity contribution < 1.29 is 18.0 Å². The molecular formula is C23H20ClF3N6O. The first-order chi connectivity index (χ1) is 16.0. The van der Waals surface area contributed by atoms with Crippen LogP contribution in [0.5, 0.6) is 0 Å². The lowest BCUT2D eigenvalue weighted by atomic mass is 10.1. The van der Waals surface area contributed by atoms with Crippen LogP contribution < -0.4 is 11.1 Å². The Bertz CT molecular complexity index is 1380. The molecule has 11 heteroatoms. The highest BCUT2D eigenvalue weighted by atomic mass is 35.5. The summed E-state index contributed by atoms with van der Waals surface area (Å²) in [6, 6.07) is 8.59. The zero-order valence-electron chi connectivity index (χ0n) is 18.2. The van der Waals surface area contributed by atoms with Gasteiger partial charge in [-0.05, 0) is 54.8 Å². The van der Waals surface area contributed by atoms with E-state index in [0.717, 1.165) is 21.8 Å². The fourth-order valence-electron chi connectivity index (χ4n) is 3.72. The summed E-state index contributed by atoms with van der Waals surface area (Å²) in [6.45, 7) is 3.52. The Labute approximate surface area is 197 Å². The maximum absolute atomic E-state index is 13.7. The second kappa shape index (κ2) is 8.94. The standard InChI is InChI=1S/C23H20ClF3N6O/c1-12-5-20(28)31-13(2)17(12)9-30-22(34)21-18(23(25,26)27)11-33(32-21)10-14-3-4-19-15(6-14)7-16(24)8-29-19/h3-8,11H,9-10H2,1-2H3,(H2,28,31)(H,30,34). The summed E-state index contributed by atoms with van der Waals surface area (Å²) < 4.78 is 42.1. The number of nitrogen functional groups attached to an aromatic ring is 1. The summed E-state index contributed by atoms with van der Waals surface area (Å²) in [5.41, 5.74) is 7.32. The van der Waals surface area contributed by atoms with Crippen LogP contribution in [0.15, 0.2) is 42.7 Å². The van der Waals surface area contributed by atoms with Crippen LogP contribution in [0.25, 0.3) is 10.9 Å². The van der Waals surface area contributed by atoms with E-state index in [-0.39, 0.29) is 13.1 Å². The number of nitrogens with zero attached hydrogens (tertiary/aromatic N) is 4. The van der Waals surface area contributed by atoms with Crippen LogP contribution in [0.3, 0.4) is 0 Å². The highest BCUT2D eigenvalue weighted by Gasteiger charge is 2.38. The van der Waals surface area contributed by atoms with Crippen molar-refractivity contribution in [1.82, 2.24) is 25.1 Å². The molecule has 7 nitrogen and oxygen atoms in total. The molecule has 0 saturated heterocycles. The van der Waals surface area contributed by atoms with Gasteiger partial charge in [-0.25, -0.2) is 4.98 Å². The normalized spacial score (nSPS) is 11.7. The smallest absolute Gasteiger partial charge is 0.384 e. The molecule has 4 aromatic rings. The molecular weight excluding hydrogens is 469 g/mol. The molecule has 0 unspecified atom stereocenters. The molecule has 3 aromatic heterocycles.